The van der Waals surface area contributed by atoms with E-state index in [1.165, 1.54) is 36.4 Å². The topological polar surface area (TPSA) is 34.2 Å². The normalized spacial score (nSPS) is 26.5. The predicted molar refractivity (Wildman–Crippen MR) is 69.6 cm³/mol. The molecule has 1 unspecified atom stereocenters. The molecule has 2 aliphatic rings. The second kappa shape index (κ2) is 5.46. The first kappa shape index (κ1) is 11.6. The Labute approximate surface area is 107 Å². The van der Waals surface area contributed by atoms with E-state index in [2.05, 4.69) is 10.7 Å². The molecule has 1 N–H and O–H groups in total. The fourth-order valence-corrected chi connectivity index (χ4v) is 3.76. The van der Waals surface area contributed by atoms with Crippen molar-refractivity contribution in [3.05, 3.63) is 16.1 Å². The van der Waals surface area contributed by atoms with Crippen molar-refractivity contribution < 1.29 is 4.74 Å². The first-order valence-corrected chi connectivity index (χ1v) is 7.56. The summed E-state index contributed by atoms with van der Waals surface area (Å²) in [5.74, 6) is 0.749. The number of ether oxygens (including phenoxy) is 1. The Morgan fingerprint density at radius 1 is 1.41 bits per heavy atom. The molecule has 1 aliphatic carbocycles. The van der Waals surface area contributed by atoms with Gasteiger partial charge < -0.3 is 10.1 Å². The lowest BCUT2D eigenvalue weighted by Gasteiger charge is -2.22. The second-order valence-corrected chi connectivity index (χ2v) is 5.95. The molecule has 1 atom stereocenters. The maximum Gasteiger partial charge on any atom is 0.0959 e. The first-order chi connectivity index (χ1) is 8.42. The number of nitrogens with zero attached hydrogens (tertiary/aromatic N) is 1. The van der Waals surface area contributed by atoms with Gasteiger partial charge in [0.2, 0.25) is 0 Å². The number of thiazole rings is 1. The van der Waals surface area contributed by atoms with E-state index < -0.39 is 0 Å². The van der Waals surface area contributed by atoms with Gasteiger partial charge in [0.05, 0.1) is 23.4 Å². The average Bonchev–Trinajstić information content (AvgIpc) is 3.00. The molecule has 0 bridgehead atoms. The summed E-state index contributed by atoms with van der Waals surface area (Å²) in [6, 6.07) is 0. The quantitative estimate of drug-likeness (QED) is 0.896. The summed E-state index contributed by atoms with van der Waals surface area (Å²) in [4.78, 5) is 4.80. The van der Waals surface area contributed by atoms with Crippen LogP contribution in [0.25, 0.3) is 0 Å². The summed E-state index contributed by atoms with van der Waals surface area (Å²) in [5.41, 5.74) is 1.23. The lowest BCUT2D eigenvalue weighted by atomic mass is 10.1. The van der Waals surface area contributed by atoms with Crippen LogP contribution in [0.15, 0.2) is 5.38 Å². The summed E-state index contributed by atoms with van der Waals surface area (Å²) >= 11 is 1.85. The summed E-state index contributed by atoms with van der Waals surface area (Å²) in [5, 5.41) is 6.96. The third kappa shape index (κ3) is 2.87. The molecule has 94 valence electrons. The van der Waals surface area contributed by atoms with Gasteiger partial charge in [-0.2, -0.15) is 0 Å². The average molecular weight is 252 g/mol. The molecule has 0 radical (unpaired) electrons. The largest absolute Gasteiger partial charge is 0.375 e. The molecule has 17 heavy (non-hydrogen) atoms. The SMILES string of the molecule is c1sc(C2CCCC2)nc1CC1CNCCO1. The fourth-order valence-electron chi connectivity index (χ4n) is 2.76. The Hall–Kier alpha value is -0.450. The Bertz CT molecular complexity index is 354. The minimum Gasteiger partial charge on any atom is -0.375 e. The van der Waals surface area contributed by atoms with E-state index in [9.17, 15) is 0 Å². The molecule has 0 aromatic carbocycles. The van der Waals surface area contributed by atoms with Gasteiger partial charge in [0.1, 0.15) is 0 Å². The zero-order valence-electron chi connectivity index (χ0n) is 10.2. The number of hydrogen-bond acceptors (Lipinski definition) is 4. The number of hydrogen-bond donors (Lipinski definition) is 1. The van der Waals surface area contributed by atoms with Gasteiger partial charge in [-0.1, -0.05) is 12.8 Å². The third-order valence-electron chi connectivity index (χ3n) is 3.72. The summed E-state index contributed by atoms with van der Waals surface area (Å²) < 4.78 is 5.72. The van der Waals surface area contributed by atoms with E-state index in [1.807, 2.05) is 11.3 Å². The molecule has 1 aromatic rings. The highest BCUT2D eigenvalue weighted by Crippen LogP contribution is 2.35. The molecule has 2 fully saturated rings. The second-order valence-electron chi connectivity index (χ2n) is 5.06. The minimum atomic E-state index is 0.322. The lowest BCUT2D eigenvalue weighted by Crippen LogP contribution is -2.39. The molecule has 3 nitrogen and oxygen atoms in total. The van der Waals surface area contributed by atoms with E-state index in [0.29, 0.717) is 6.10 Å². The van der Waals surface area contributed by atoms with E-state index in [0.717, 1.165) is 32.0 Å². The van der Waals surface area contributed by atoms with Gasteiger partial charge in [0.15, 0.2) is 0 Å². The number of aromatic nitrogens is 1. The number of nitrogens with one attached hydrogen (secondary N) is 1. The Balaban J connectivity index is 1.59. The molecule has 1 saturated heterocycles. The fraction of sp³-hybridized carbons (Fsp3) is 0.769. The number of rotatable bonds is 3. The molecular weight excluding hydrogens is 232 g/mol. The molecule has 2 heterocycles. The van der Waals surface area contributed by atoms with Crippen molar-refractivity contribution >= 4 is 11.3 Å². The van der Waals surface area contributed by atoms with Crippen LogP contribution in [0.5, 0.6) is 0 Å². The monoisotopic (exact) mass is 252 g/mol. The van der Waals surface area contributed by atoms with Gasteiger partial charge in [0.25, 0.3) is 0 Å². The van der Waals surface area contributed by atoms with Crippen molar-refractivity contribution in [3.63, 3.8) is 0 Å². The van der Waals surface area contributed by atoms with E-state index >= 15 is 0 Å². The van der Waals surface area contributed by atoms with Crippen LogP contribution in [-0.4, -0.2) is 30.8 Å². The lowest BCUT2D eigenvalue weighted by molar-refractivity contribution is 0.0287. The highest BCUT2D eigenvalue weighted by Gasteiger charge is 2.21. The van der Waals surface area contributed by atoms with Crippen molar-refractivity contribution in [1.29, 1.82) is 0 Å². The highest BCUT2D eigenvalue weighted by atomic mass is 32.1. The van der Waals surface area contributed by atoms with Gasteiger partial charge >= 0.3 is 0 Å². The van der Waals surface area contributed by atoms with Crippen LogP contribution < -0.4 is 5.32 Å². The van der Waals surface area contributed by atoms with Gasteiger partial charge in [0, 0.05) is 30.8 Å². The van der Waals surface area contributed by atoms with Crippen molar-refractivity contribution in [2.45, 2.75) is 44.1 Å². The molecule has 1 aliphatic heterocycles. The van der Waals surface area contributed by atoms with Crippen molar-refractivity contribution in [1.82, 2.24) is 10.3 Å². The highest BCUT2D eigenvalue weighted by molar-refractivity contribution is 7.09. The third-order valence-corrected chi connectivity index (χ3v) is 4.77. The zero-order valence-corrected chi connectivity index (χ0v) is 11.0. The van der Waals surface area contributed by atoms with E-state index in [-0.39, 0.29) is 0 Å². The maximum atomic E-state index is 5.72. The smallest absolute Gasteiger partial charge is 0.0959 e. The van der Waals surface area contributed by atoms with Gasteiger partial charge in [-0.3, -0.25) is 0 Å². The molecule has 0 amide bonds. The van der Waals surface area contributed by atoms with Crippen LogP contribution in [0, 0.1) is 0 Å². The van der Waals surface area contributed by atoms with Crippen molar-refractivity contribution in [3.8, 4) is 0 Å². The van der Waals surface area contributed by atoms with E-state index in [1.54, 1.807) is 0 Å². The Morgan fingerprint density at radius 3 is 3.06 bits per heavy atom. The van der Waals surface area contributed by atoms with E-state index in [4.69, 9.17) is 9.72 Å². The van der Waals surface area contributed by atoms with Crippen LogP contribution in [0.2, 0.25) is 0 Å². The van der Waals surface area contributed by atoms with Crippen molar-refractivity contribution in [2.24, 2.45) is 0 Å². The van der Waals surface area contributed by atoms with Gasteiger partial charge in [-0.25, -0.2) is 4.98 Å². The summed E-state index contributed by atoms with van der Waals surface area (Å²) in [6.45, 7) is 2.79. The zero-order chi connectivity index (χ0) is 11.5. The minimum absolute atomic E-state index is 0.322. The molecule has 0 spiro atoms. The van der Waals surface area contributed by atoms with Crippen LogP contribution in [0.3, 0.4) is 0 Å². The van der Waals surface area contributed by atoms with Crippen LogP contribution in [-0.2, 0) is 11.2 Å². The summed E-state index contributed by atoms with van der Waals surface area (Å²) in [7, 11) is 0. The van der Waals surface area contributed by atoms with Gasteiger partial charge in [-0.15, -0.1) is 11.3 Å². The molecule has 1 aromatic heterocycles. The number of morpholine rings is 1. The standard InChI is InChI=1S/C13H20N2OS/c1-2-4-10(3-1)13-15-11(9-17-13)7-12-8-14-5-6-16-12/h9-10,12,14H,1-8H2. The van der Waals surface area contributed by atoms with Gasteiger partial charge in [-0.05, 0) is 12.8 Å². The molecular formula is C13H20N2OS. The predicted octanol–water partition coefficient (Wildman–Crippen LogP) is 2.33. The molecule has 1 saturated carbocycles. The Morgan fingerprint density at radius 2 is 2.29 bits per heavy atom. The molecule has 4 heteroatoms. The van der Waals surface area contributed by atoms with Crippen LogP contribution in [0.1, 0.15) is 42.3 Å². The summed E-state index contributed by atoms with van der Waals surface area (Å²) in [6.07, 6.45) is 6.74. The molecule has 3 rings (SSSR count). The van der Waals surface area contributed by atoms with Crippen LogP contribution in [0.4, 0.5) is 0 Å². The maximum absolute atomic E-state index is 5.72. The van der Waals surface area contributed by atoms with Crippen LogP contribution >= 0.6 is 11.3 Å². The van der Waals surface area contributed by atoms with Crippen molar-refractivity contribution in [2.75, 3.05) is 19.7 Å². The Kier molecular flexibility index (Phi) is 3.74. The first-order valence-electron chi connectivity index (χ1n) is 6.68.